The molecule has 10 heteroatoms. The summed E-state index contributed by atoms with van der Waals surface area (Å²) in [7, 11) is 1.36. The molecule has 0 aliphatic rings. The number of quaternary nitrogens is 2. The summed E-state index contributed by atoms with van der Waals surface area (Å²) in [5, 5.41) is 0. The molecule has 0 saturated heterocycles. The summed E-state index contributed by atoms with van der Waals surface area (Å²) >= 11 is 0. The van der Waals surface area contributed by atoms with Crippen LogP contribution in [0.2, 0.25) is 0 Å². The predicted octanol–water partition coefficient (Wildman–Crippen LogP) is 17.0. The minimum Gasteiger partial charge on any atom is -0.744 e. The van der Waals surface area contributed by atoms with E-state index in [4.69, 9.17) is 0 Å². The smallest absolute Gasteiger partial charge is 0.124 e. The molecule has 0 heterocycles. The highest BCUT2D eigenvalue weighted by atomic mass is 32.2. The van der Waals surface area contributed by atoms with E-state index in [0.717, 1.165) is 11.1 Å². The van der Waals surface area contributed by atoms with Crippen LogP contribution < -0.4 is 0 Å². The molecule has 0 radical (unpaired) electrons. The Kier molecular flexibility index (Phi) is 42.4. The average Bonchev–Trinajstić information content (AvgIpc) is 3.30. The Hall–Kier alpha value is -1.82. The third-order valence-corrected chi connectivity index (χ3v) is 15.8. The van der Waals surface area contributed by atoms with Crippen LogP contribution in [-0.4, -0.2) is 89.3 Å². The quantitative estimate of drug-likeness (QED) is 0.0371. The molecule has 70 heavy (non-hydrogen) atoms. The summed E-state index contributed by atoms with van der Waals surface area (Å²) in [6, 6.07) is 11.6. The first-order valence-corrected chi connectivity index (χ1v) is 31.8. The van der Waals surface area contributed by atoms with Gasteiger partial charge < -0.3 is 18.1 Å². The first-order valence-electron chi connectivity index (χ1n) is 29.0. The van der Waals surface area contributed by atoms with E-state index in [0.29, 0.717) is 0 Å². The van der Waals surface area contributed by atoms with Crippen LogP contribution in [0.4, 0.5) is 0 Å². The second kappa shape index (κ2) is 43.6. The lowest BCUT2D eigenvalue weighted by Gasteiger charge is -2.31. The number of benzene rings is 2. The standard InChI is InChI=1S/C46H98N2.2C7H8O3S/c1-7-9-11-13-15-17-19-21-23-25-27-29-31-33-35-39-43-47(3,4)45-41-37-38-42-46-48(5,6)44-40-36-34-32-30-28-26-24-22-20-18-16-14-12-10-8-2;2*1-6-2-4-7(5-3-6)11(8,9)10/h7-46H2,1-6H3;2*2-5H,1H3,(H,8,9,10)/q+2;;/p-2. The zero-order chi connectivity index (χ0) is 52.3. The lowest BCUT2D eigenvalue weighted by molar-refractivity contribution is -0.891. The van der Waals surface area contributed by atoms with Gasteiger partial charge in [0.1, 0.15) is 20.2 Å². The van der Waals surface area contributed by atoms with Crippen LogP contribution in [0.5, 0.6) is 0 Å². The molecule has 410 valence electrons. The highest BCUT2D eigenvalue weighted by Gasteiger charge is 2.16. The van der Waals surface area contributed by atoms with Crippen LogP contribution in [0.25, 0.3) is 0 Å². The van der Waals surface area contributed by atoms with Gasteiger partial charge >= 0.3 is 0 Å². The second-order valence-corrected chi connectivity index (χ2v) is 25.1. The summed E-state index contributed by atoms with van der Waals surface area (Å²) in [6.07, 6.45) is 52.5. The van der Waals surface area contributed by atoms with Gasteiger partial charge in [0.25, 0.3) is 0 Å². The molecule has 0 amide bonds. The van der Waals surface area contributed by atoms with E-state index < -0.39 is 20.2 Å². The van der Waals surface area contributed by atoms with Gasteiger partial charge in [0.2, 0.25) is 0 Å². The number of hydrogen-bond donors (Lipinski definition) is 0. The molecule has 0 spiro atoms. The summed E-state index contributed by atoms with van der Waals surface area (Å²) in [5.41, 5.74) is 1.86. The van der Waals surface area contributed by atoms with Crippen molar-refractivity contribution in [2.45, 2.75) is 269 Å². The fourth-order valence-electron chi connectivity index (χ4n) is 9.24. The fraction of sp³-hybridized carbons (Fsp3) is 0.800. The van der Waals surface area contributed by atoms with E-state index in [2.05, 4.69) is 42.0 Å². The first-order chi connectivity index (χ1) is 33.3. The van der Waals surface area contributed by atoms with E-state index in [1.54, 1.807) is 24.3 Å². The molecule has 2 aromatic carbocycles. The molecule has 8 nitrogen and oxygen atoms in total. The fourth-order valence-corrected chi connectivity index (χ4v) is 10.2. The third kappa shape index (κ3) is 44.8. The minimum absolute atomic E-state index is 0.178. The lowest BCUT2D eigenvalue weighted by Crippen LogP contribution is -2.41. The Morgan fingerprint density at radius 1 is 0.300 bits per heavy atom. The number of nitrogens with zero attached hydrogens (tertiary/aromatic N) is 2. The molecule has 0 unspecified atom stereocenters. The maximum absolute atomic E-state index is 10.4. The van der Waals surface area contributed by atoms with Gasteiger partial charge in [-0.15, -0.1) is 0 Å². The molecule has 2 aromatic rings. The van der Waals surface area contributed by atoms with Crippen molar-refractivity contribution < 1.29 is 34.9 Å². The average molecular weight is 1020 g/mol. The SMILES string of the molecule is CCCCCCCCCCCCCCCCCC[N+](C)(C)CCCCCC[N+](C)(C)CCCCCCCCCCCCCCCCCC.Cc1ccc(S(=O)(=O)[O-])cc1.Cc1ccc(S(=O)(=O)[O-])cc1. The molecular formula is C60H112N2O6S2. The van der Waals surface area contributed by atoms with Crippen molar-refractivity contribution >= 4 is 20.2 Å². The molecule has 0 bridgehead atoms. The van der Waals surface area contributed by atoms with E-state index in [9.17, 15) is 25.9 Å². The van der Waals surface area contributed by atoms with Crippen LogP contribution in [0.1, 0.15) is 256 Å². The van der Waals surface area contributed by atoms with Crippen molar-refractivity contribution in [1.82, 2.24) is 0 Å². The molecule has 0 aliphatic carbocycles. The highest BCUT2D eigenvalue weighted by Crippen LogP contribution is 2.18. The molecule has 0 fully saturated rings. The summed E-state index contributed by atoms with van der Waals surface area (Å²) in [5.74, 6) is 0. The Morgan fingerprint density at radius 3 is 0.614 bits per heavy atom. The maximum Gasteiger partial charge on any atom is 0.124 e. The second-order valence-electron chi connectivity index (χ2n) is 22.3. The number of hydrogen-bond acceptors (Lipinski definition) is 6. The normalized spacial score (nSPS) is 12.1. The van der Waals surface area contributed by atoms with Crippen molar-refractivity contribution in [3.63, 3.8) is 0 Å². The van der Waals surface area contributed by atoms with Crippen LogP contribution >= 0.6 is 0 Å². The van der Waals surface area contributed by atoms with Gasteiger partial charge in [0.15, 0.2) is 0 Å². The summed E-state index contributed by atoms with van der Waals surface area (Å²) < 4.78 is 64.8. The van der Waals surface area contributed by atoms with Gasteiger partial charge in [0, 0.05) is 0 Å². The number of rotatable bonds is 43. The number of unbranched alkanes of at least 4 members (excludes halogenated alkanes) is 33. The van der Waals surface area contributed by atoms with Crippen molar-refractivity contribution in [2.75, 3.05) is 54.4 Å². The van der Waals surface area contributed by atoms with Crippen molar-refractivity contribution in [1.29, 1.82) is 0 Å². The third-order valence-electron chi connectivity index (χ3n) is 14.1. The van der Waals surface area contributed by atoms with E-state index in [1.165, 1.54) is 291 Å². The predicted molar refractivity (Wildman–Crippen MR) is 300 cm³/mol. The van der Waals surface area contributed by atoms with Gasteiger partial charge in [-0.2, -0.15) is 0 Å². The maximum atomic E-state index is 10.4. The van der Waals surface area contributed by atoms with Gasteiger partial charge in [0.05, 0.1) is 64.2 Å². The molecule has 0 N–H and O–H groups in total. The Balaban J connectivity index is 0.00000173. The molecular weight excluding hydrogens is 909 g/mol. The lowest BCUT2D eigenvalue weighted by atomic mass is 10.0. The van der Waals surface area contributed by atoms with Crippen LogP contribution in [0, 0.1) is 13.8 Å². The topological polar surface area (TPSA) is 114 Å². The van der Waals surface area contributed by atoms with Gasteiger partial charge in [-0.1, -0.05) is 229 Å². The van der Waals surface area contributed by atoms with Crippen LogP contribution in [-0.2, 0) is 20.2 Å². The molecule has 0 aromatic heterocycles. The van der Waals surface area contributed by atoms with E-state index >= 15 is 0 Å². The minimum atomic E-state index is -4.27. The van der Waals surface area contributed by atoms with Gasteiger partial charge in [-0.3, -0.25) is 0 Å². The Morgan fingerprint density at radius 2 is 0.457 bits per heavy atom. The summed E-state index contributed by atoms with van der Waals surface area (Å²) in [6.45, 7) is 13.8. The van der Waals surface area contributed by atoms with E-state index in [1.807, 2.05) is 13.8 Å². The van der Waals surface area contributed by atoms with Crippen molar-refractivity contribution in [3.8, 4) is 0 Å². The summed E-state index contributed by atoms with van der Waals surface area (Å²) in [4.78, 5) is -0.355. The monoisotopic (exact) mass is 1020 g/mol. The molecule has 0 aliphatic heterocycles. The van der Waals surface area contributed by atoms with Gasteiger partial charge in [-0.05, 0) is 89.5 Å². The zero-order valence-electron chi connectivity index (χ0n) is 47.1. The Bertz CT molecular complexity index is 1550. The van der Waals surface area contributed by atoms with Gasteiger partial charge in [-0.25, -0.2) is 16.8 Å². The van der Waals surface area contributed by atoms with Crippen molar-refractivity contribution in [3.05, 3.63) is 59.7 Å². The zero-order valence-corrected chi connectivity index (χ0v) is 48.7. The van der Waals surface area contributed by atoms with Crippen molar-refractivity contribution in [2.24, 2.45) is 0 Å². The molecule has 2 rings (SSSR count). The van der Waals surface area contributed by atoms with Crippen LogP contribution in [0.3, 0.4) is 0 Å². The first kappa shape index (κ1) is 68.2. The molecule has 0 atom stereocenters. The molecule has 0 saturated carbocycles. The number of aryl methyl sites for hydroxylation is 2. The Labute approximate surface area is 435 Å². The largest absolute Gasteiger partial charge is 0.744 e. The highest BCUT2D eigenvalue weighted by molar-refractivity contribution is 7.86. The van der Waals surface area contributed by atoms with Crippen LogP contribution in [0.15, 0.2) is 58.3 Å². The van der Waals surface area contributed by atoms with E-state index in [-0.39, 0.29) is 9.79 Å².